The Balaban J connectivity index is 1.66. The number of hydrogen-bond acceptors (Lipinski definition) is 2. The molecule has 0 aliphatic heterocycles. The maximum absolute atomic E-state index is 13.1. The fourth-order valence-electron chi connectivity index (χ4n) is 3.08. The van der Waals surface area contributed by atoms with E-state index in [0.29, 0.717) is 23.8 Å². The predicted octanol–water partition coefficient (Wildman–Crippen LogP) is 1.50. The van der Waals surface area contributed by atoms with E-state index >= 15 is 0 Å². The molecule has 136 valence electrons. The van der Waals surface area contributed by atoms with Gasteiger partial charge in [0, 0.05) is 29.7 Å². The highest BCUT2D eigenvalue weighted by Gasteiger charge is 2.39. The van der Waals surface area contributed by atoms with Crippen LogP contribution in [0.5, 0.6) is 0 Å². The lowest BCUT2D eigenvalue weighted by Crippen LogP contribution is -3.16. The van der Waals surface area contributed by atoms with Crippen molar-refractivity contribution in [3.63, 3.8) is 0 Å². The molecular formula is C20H23FN3O2+. The summed E-state index contributed by atoms with van der Waals surface area (Å²) in [6, 6.07) is 13.2. The first-order valence-corrected chi connectivity index (χ1v) is 8.75. The summed E-state index contributed by atoms with van der Waals surface area (Å²) < 4.78 is 13.1. The van der Waals surface area contributed by atoms with Gasteiger partial charge in [0.1, 0.15) is 12.4 Å². The minimum Gasteiger partial charge on any atom is -0.366 e. The number of anilines is 1. The number of quaternary nitrogens is 1. The van der Waals surface area contributed by atoms with Gasteiger partial charge in [-0.1, -0.05) is 12.1 Å². The third kappa shape index (κ3) is 4.46. The Kier molecular flexibility index (Phi) is 5.32. The Morgan fingerprint density at radius 2 is 1.77 bits per heavy atom. The van der Waals surface area contributed by atoms with E-state index in [1.165, 1.54) is 17.0 Å². The molecule has 0 radical (unpaired) electrons. The number of carbonyl (C=O) groups is 2. The minimum absolute atomic E-state index is 0.0826. The Morgan fingerprint density at radius 1 is 1.15 bits per heavy atom. The fourth-order valence-corrected chi connectivity index (χ4v) is 3.08. The molecule has 0 saturated heterocycles. The number of halogens is 1. The van der Waals surface area contributed by atoms with Gasteiger partial charge in [-0.05, 0) is 43.3 Å². The smallest absolute Gasteiger partial charge is 0.282 e. The molecule has 4 N–H and O–H groups in total. The van der Waals surface area contributed by atoms with Crippen LogP contribution in [0.1, 0.15) is 35.7 Å². The van der Waals surface area contributed by atoms with E-state index in [1.54, 1.807) is 36.4 Å². The molecule has 1 aliphatic carbocycles. The summed E-state index contributed by atoms with van der Waals surface area (Å²) in [4.78, 5) is 25.0. The second kappa shape index (κ2) is 7.66. The van der Waals surface area contributed by atoms with Crippen molar-refractivity contribution in [2.75, 3.05) is 5.32 Å². The zero-order chi connectivity index (χ0) is 18.7. The van der Waals surface area contributed by atoms with Crippen molar-refractivity contribution in [3.05, 3.63) is 65.5 Å². The lowest BCUT2D eigenvalue weighted by Gasteiger charge is -2.25. The summed E-state index contributed by atoms with van der Waals surface area (Å²) in [6.45, 7) is 2.59. The second-order valence-corrected chi connectivity index (χ2v) is 6.80. The van der Waals surface area contributed by atoms with Crippen LogP contribution in [0.25, 0.3) is 0 Å². The number of amides is 2. The van der Waals surface area contributed by atoms with Gasteiger partial charge in [-0.15, -0.1) is 0 Å². The van der Waals surface area contributed by atoms with Gasteiger partial charge in [0.2, 0.25) is 5.91 Å². The molecule has 6 heteroatoms. The molecule has 0 heterocycles. The first-order chi connectivity index (χ1) is 12.4. The third-order valence-corrected chi connectivity index (χ3v) is 4.81. The number of rotatable bonds is 7. The van der Waals surface area contributed by atoms with Crippen molar-refractivity contribution < 1.29 is 18.9 Å². The summed E-state index contributed by atoms with van der Waals surface area (Å²) in [7, 11) is 0. The summed E-state index contributed by atoms with van der Waals surface area (Å²) in [5, 5.41) is 2.89. The van der Waals surface area contributed by atoms with E-state index in [-0.39, 0.29) is 17.8 Å². The quantitative estimate of drug-likeness (QED) is 0.703. The van der Waals surface area contributed by atoms with Gasteiger partial charge in [-0.2, -0.15) is 0 Å². The second-order valence-electron chi connectivity index (χ2n) is 6.80. The van der Waals surface area contributed by atoms with Crippen LogP contribution in [0.3, 0.4) is 0 Å². The zero-order valence-electron chi connectivity index (χ0n) is 14.7. The average molecular weight is 356 g/mol. The van der Waals surface area contributed by atoms with Gasteiger partial charge >= 0.3 is 0 Å². The molecule has 2 aromatic carbocycles. The van der Waals surface area contributed by atoms with E-state index in [0.717, 1.165) is 18.4 Å². The molecule has 2 atom stereocenters. The highest BCUT2D eigenvalue weighted by Crippen LogP contribution is 2.17. The molecule has 1 aliphatic rings. The average Bonchev–Trinajstić information content (AvgIpc) is 3.46. The maximum atomic E-state index is 13.1. The van der Waals surface area contributed by atoms with Crippen molar-refractivity contribution in [1.29, 1.82) is 0 Å². The van der Waals surface area contributed by atoms with Gasteiger partial charge in [0.15, 0.2) is 6.04 Å². The summed E-state index contributed by atoms with van der Waals surface area (Å²) in [5.41, 5.74) is 7.26. The van der Waals surface area contributed by atoms with Crippen LogP contribution < -0.4 is 16.0 Å². The highest BCUT2D eigenvalue weighted by atomic mass is 19.1. The summed E-state index contributed by atoms with van der Waals surface area (Å²) >= 11 is 0. The first kappa shape index (κ1) is 18.1. The van der Waals surface area contributed by atoms with Gasteiger partial charge in [-0.25, -0.2) is 4.39 Å². The molecule has 0 bridgehead atoms. The molecule has 5 nitrogen and oxygen atoms in total. The van der Waals surface area contributed by atoms with Crippen molar-refractivity contribution in [3.8, 4) is 0 Å². The summed E-state index contributed by atoms with van der Waals surface area (Å²) in [6.07, 6.45) is 2.20. The van der Waals surface area contributed by atoms with Gasteiger partial charge < -0.3 is 16.0 Å². The normalized spacial score (nSPS) is 15.9. The molecule has 3 rings (SSSR count). The molecular weight excluding hydrogens is 333 g/mol. The largest absolute Gasteiger partial charge is 0.366 e. The van der Waals surface area contributed by atoms with E-state index in [1.807, 2.05) is 6.92 Å². The Hall–Kier alpha value is -2.73. The SMILES string of the molecule is C[C@@H](C(=O)Nc1ccc(C(N)=O)cc1)[NH+](Cc1ccc(F)cc1)C1CC1. The van der Waals surface area contributed by atoms with Gasteiger partial charge in [-0.3, -0.25) is 9.59 Å². The molecule has 0 aromatic heterocycles. The van der Waals surface area contributed by atoms with Gasteiger partial charge in [0.05, 0.1) is 6.04 Å². The molecule has 1 fully saturated rings. The van der Waals surface area contributed by atoms with Crippen LogP contribution in [-0.4, -0.2) is 23.9 Å². The molecule has 1 unspecified atom stereocenters. The molecule has 2 amide bonds. The monoisotopic (exact) mass is 356 g/mol. The lowest BCUT2D eigenvalue weighted by atomic mass is 10.1. The lowest BCUT2D eigenvalue weighted by molar-refractivity contribution is -0.938. The van der Waals surface area contributed by atoms with E-state index in [9.17, 15) is 14.0 Å². The van der Waals surface area contributed by atoms with E-state index < -0.39 is 5.91 Å². The maximum Gasteiger partial charge on any atom is 0.282 e. The van der Waals surface area contributed by atoms with Crippen LogP contribution in [0.2, 0.25) is 0 Å². The zero-order valence-corrected chi connectivity index (χ0v) is 14.7. The Morgan fingerprint density at radius 3 is 2.31 bits per heavy atom. The van der Waals surface area contributed by atoms with Crippen LogP contribution in [-0.2, 0) is 11.3 Å². The number of nitrogens with two attached hydrogens (primary N) is 1. The third-order valence-electron chi connectivity index (χ3n) is 4.81. The molecule has 0 spiro atoms. The van der Waals surface area contributed by atoms with Crippen molar-refractivity contribution in [2.45, 2.75) is 38.4 Å². The summed E-state index contributed by atoms with van der Waals surface area (Å²) in [5.74, 6) is -0.840. The number of carbonyl (C=O) groups excluding carboxylic acids is 2. The van der Waals surface area contributed by atoms with Crippen LogP contribution in [0, 0.1) is 5.82 Å². The number of nitrogens with one attached hydrogen (secondary N) is 2. The number of primary amides is 1. The van der Waals surface area contributed by atoms with Gasteiger partial charge in [0.25, 0.3) is 5.91 Å². The fraction of sp³-hybridized carbons (Fsp3) is 0.300. The Labute approximate surface area is 152 Å². The predicted molar refractivity (Wildman–Crippen MR) is 97.1 cm³/mol. The first-order valence-electron chi connectivity index (χ1n) is 8.75. The number of benzene rings is 2. The van der Waals surface area contributed by atoms with Crippen LogP contribution in [0.4, 0.5) is 10.1 Å². The van der Waals surface area contributed by atoms with Crippen molar-refractivity contribution in [2.24, 2.45) is 5.73 Å². The van der Waals surface area contributed by atoms with Crippen LogP contribution in [0.15, 0.2) is 48.5 Å². The van der Waals surface area contributed by atoms with Crippen LogP contribution >= 0.6 is 0 Å². The standard InChI is InChI=1S/C20H22FN3O2/c1-13(20(26)23-17-8-4-15(5-9-17)19(22)25)24(18-10-11-18)12-14-2-6-16(21)7-3-14/h2-9,13,18H,10-12H2,1H3,(H2,22,25)(H,23,26)/p+1/t13-/m0/s1. The minimum atomic E-state index is -0.500. The number of hydrogen-bond donors (Lipinski definition) is 3. The molecule has 26 heavy (non-hydrogen) atoms. The van der Waals surface area contributed by atoms with Crippen molar-refractivity contribution >= 4 is 17.5 Å². The van der Waals surface area contributed by atoms with E-state index in [4.69, 9.17) is 5.73 Å². The van der Waals surface area contributed by atoms with E-state index in [2.05, 4.69) is 5.32 Å². The highest BCUT2D eigenvalue weighted by molar-refractivity contribution is 5.95. The topological polar surface area (TPSA) is 76.6 Å². The van der Waals surface area contributed by atoms with Crippen molar-refractivity contribution in [1.82, 2.24) is 0 Å². The Bertz CT molecular complexity index is 786. The molecule has 1 saturated carbocycles. The molecule has 2 aromatic rings.